The highest BCUT2D eigenvalue weighted by Crippen LogP contribution is 2.38. The van der Waals surface area contributed by atoms with Gasteiger partial charge >= 0.3 is 5.76 Å². The number of oxazole rings is 1. The van der Waals surface area contributed by atoms with E-state index >= 15 is 0 Å². The second-order valence-corrected chi connectivity index (χ2v) is 6.61. The van der Waals surface area contributed by atoms with Crippen LogP contribution in [0.1, 0.15) is 0 Å². The van der Waals surface area contributed by atoms with Gasteiger partial charge in [0.05, 0.1) is 5.69 Å². The van der Waals surface area contributed by atoms with E-state index in [1.807, 2.05) is 78.9 Å². The average molecular weight is 363 g/mol. The Morgan fingerprint density at radius 2 is 1.18 bits per heavy atom. The molecule has 4 aromatic carbocycles. The Kier molecular flexibility index (Phi) is 3.91. The fourth-order valence-electron chi connectivity index (χ4n) is 3.67. The van der Waals surface area contributed by atoms with Crippen molar-refractivity contribution in [3.8, 4) is 27.9 Å². The van der Waals surface area contributed by atoms with Crippen LogP contribution in [-0.4, -0.2) is 4.57 Å². The minimum absolute atomic E-state index is 0.386. The molecule has 3 heteroatoms. The molecule has 0 atom stereocenters. The summed E-state index contributed by atoms with van der Waals surface area (Å²) in [4.78, 5) is 12.8. The van der Waals surface area contributed by atoms with Crippen LogP contribution in [0.3, 0.4) is 0 Å². The minimum atomic E-state index is -0.386. The molecule has 0 saturated carbocycles. The molecule has 5 aromatic rings. The van der Waals surface area contributed by atoms with Crippen LogP contribution in [-0.2, 0) is 0 Å². The summed E-state index contributed by atoms with van der Waals surface area (Å²) in [5, 5.41) is 0. The first-order valence-corrected chi connectivity index (χ1v) is 9.18. The molecule has 5 rings (SSSR count). The molecule has 0 aliphatic heterocycles. The van der Waals surface area contributed by atoms with E-state index in [2.05, 4.69) is 24.3 Å². The molecule has 0 aliphatic carbocycles. The molecule has 0 radical (unpaired) electrons. The lowest BCUT2D eigenvalue weighted by Gasteiger charge is -2.13. The van der Waals surface area contributed by atoms with E-state index in [1.165, 1.54) is 0 Å². The quantitative estimate of drug-likeness (QED) is 0.399. The van der Waals surface area contributed by atoms with Crippen molar-refractivity contribution in [3.63, 3.8) is 0 Å². The maximum atomic E-state index is 12.8. The van der Waals surface area contributed by atoms with E-state index in [9.17, 15) is 4.79 Å². The third kappa shape index (κ3) is 2.65. The molecule has 0 spiro atoms. The van der Waals surface area contributed by atoms with Gasteiger partial charge in [-0.2, -0.15) is 0 Å². The van der Waals surface area contributed by atoms with Gasteiger partial charge in [-0.15, -0.1) is 0 Å². The van der Waals surface area contributed by atoms with Crippen molar-refractivity contribution >= 4 is 11.1 Å². The third-order valence-electron chi connectivity index (χ3n) is 4.91. The normalized spacial score (nSPS) is 11.0. The van der Waals surface area contributed by atoms with Gasteiger partial charge in [0.15, 0.2) is 5.58 Å². The number of rotatable bonds is 3. The summed E-state index contributed by atoms with van der Waals surface area (Å²) in [6.07, 6.45) is 0. The van der Waals surface area contributed by atoms with Gasteiger partial charge in [-0.3, -0.25) is 0 Å². The summed E-state index contributed by atoms with van der Waals surface area (Å²) in [5.74, 6) is -0.386. The second kappa shape index (κ2) is 6.71. The molecule has 0 amide bonds. The average Bonchev–Trinajstić information content (AvgIpc) is 3.10. The first kappa shape index (κ1) is 16.3. The van der Waals surface area contributed by atoms with Gasteiger partial charge in [0.2, 0.25) is 0 Å². The fraction of sp³-hybridized carbons (Fsp3) is 0. The highest BCUT2D eigenvalue weighted by Gasteiger charge is 2.19. The van der Waals surface area contributed by atoms with Crippen molar-refractivity contribution in [3.05, 3.63) is 114 Å². The van der Waals surface area contributed by atoms with Crippen LogP contribution in [0.25, 0.3) is 39.0 Å². The van der Waals surface area contributed by atoms with Crippen LogP contribution in [0.4, 0.5) is 0 Å². The van der Waals surface area contributed by atoms with Gasteiger partial charge in [-0.1, -0.05) is 78.9 Å². The molecule has 0 bridgehead atoms. The Bertz CT molecular complexity index is 1300. The molecule has 3 nitrogen and oxygen atoms in total. The van der Waals surface area contributed by atoms with Crippen LogP contribution in [0.2, 0.25) is 0 Å². The van der Waals surface area contributed by atoms with Gasteiger partial charge in [-0.25, -0.2) is 9.36 Å². The fourth-order valence-corrected chi connectivity index (χ4v) is 3.67. The number of benzene rings is 4. The topological polar surface area (TPSA) is 35.1 Å². The summed E-state index contributed by atoms with van der Waals surface area (Å²) in [7, 11) is 0. The highest BCUT2D eigenvalue weighted by atomic mass is 16.4. The van der Waals surface area contributed by atoms with Crippen molar-refractivity contribution in [2.45, 2.75) is 0 Å². The monoisotopic (exact) mass is 363 g/mol. The van der Waals surface area contributed by atoms with E-state index in [0.717, 1.165) is 33.5 Å². The summed E-state index contributed by atoms with van der Waals surface area (Å²) in [6.45, 7) is 0. The van der Waals surface area contributed by atoms with Crippen molar-refractivity contribution in [1.29, 1.82) is 0 Å². The van der Waals surface area contributed by atoms with Gasteiger partial charge in [-0.05, 0) is 41.0 Å². The summed E-state index contributed by atoms with van der Waals surface area (Å²) >= 11 is 0. The molecule has 0 unspecified atom stereocenters. The SMILES string of the molecule is O=c1oc2ccc(-c3ccccc3)c(-c3ccccc3)c2n1-c1ccccc1. The minimum Gasteiger partial charge on any atom is -0.407 e. The predicted octanol–water partition coefficient (Wildman–Crippen LogP) is 5.92. The Hall–Kier alpha value is -3.85. The number of nitrogens with zero attached hydrogens (tertiary/aromatic N) is 1. The van der Waals surface area contributed by atoms with Gasteiger partial charge in [0, 0.05) is 5.56 Å². The Labute approximate surface area is 162 Å². The molecule has 1 aromatic heterocycles. The van der Waals surface area contributed by atoms with Crippen molar-refractivity contribution in [2.24, 2.45) is 0 Å². The molecular weight excluding hydrogens is 346 g/mol. The molecule has 0 fully saturated rings. The summed E-state index contributed by atoms with van der Waals surface area (Å²) < 4.78 is 7.27. The predicted molar refractivity (Wildman–Crippen MR) is 113 cm³/mol. The number of hydrogen-bond donors (Lipinski definition) is 0. The van der Waals surface area contributed by atoms with Crippen molar-refractivity contribution in [1.82, 2.24) is 4.57 Å². The second-order valence-electron chi connectivity index (χ2n) is 6.61. The van der Waals surface area contributed by atoms with Gasteiger partial charge in [0.1, 0.15) is 5.52 Å². The van der Waals surface area contributed by atoms with Crippen LogP contribution in [0, 0.1) is 0 Å². The van der Waals surface area contributed by atoms with Crippen LogP contribution < -0.4 is 5.76 Å². The zero-order valence-corrected chi connectivity index (χ0v) is 15.1. The molecule has 0 aliphatic rings. The maximum Gasteiger partial charge on any atom is 0.424 e. The number of hydrogen-bond acceptors (Lipinski definition) is 2. The zero-order chi connectivity index (χ0) is 18.9. The maximum absolute atomic E-state index is 12.8. The van der Waals surface area contributed by atoms with E-state index in [0.29, 0.717) is 5.58 Å². The van der Waals surface area contributed by atoms with Gasteiger partial charge < -0.3 is 4.42 Å². The van der Waals surface area contributed by atoms with Crippen molar-refractivity contribution < 1.29 is 4.42 Å². The molecule has 0 saturated heterocycles. The first-order valence-electron chi connectivity index (χ1n) is 9.18. The smallest absolute Gasteiger partial charge is 0.407 e. The number of para-hydroxylation sites is 1. The Balaban J connectivity index is 1.94. The largest absolute Gasteiger partial charge is 0.424 e. The van der Waals surface area contributed by atoms with E-state index < -0.39 is 0 Å². The zero-order valence-electron chi connectivity index (χ0n) is 15.1. The third-order valence-corrected chi connectivity index (χ3v) is 4.91. The highest BCUT2D eigenvalue weighted by molar-refractivity contribution is 6.01. The molecule has 28 heavy (non-hydrogen) atoms. The summed E-state index contributed by atoms with van der Waals surface area (Å²) in [5.41, 5.74) is 6.32. The van der Waals surface area contributed by atoms with E-state index in [-0.39, 0.29) is 5.76 Å². The summed E-state index contributed by atoms with van der Waals surface area (Å²) in [6, 6.07) is 33.9. The Morgan fingerprint density at radius 1 is 0.607 bits per heavy atom. The number of fused-ring (bicyclic) bond motifs is 1. The lowest BCUT2D eigenvalue weighted by atomic mass is 9.93. The van der Waals surface area contributed by atoms with E-state index in [4.69, 9.17) is 4.42 Å². The first-order chi connectivity index (χ1) is 13.8. The van der Waals surface area contributed by atoms with Crippen LogP contribution in [0.15, 0.2) is 112 Å². The number of aromatic nitrogens is 1. The molecule has 134 valence electrons. The van der Waals surface area contributed by atoms with E-state index in [1.54, 1.807) is 4.57 Å². The van der Waals surface area contributed by atoms with Crippen LogP contribution in [0.5, 0.6) is 0 Å². The molecule has 1 heterocycles. The van der Waals surface area contributed by atoms with Crippen LogP contribution >= 0.6 is 0 Å². The van der Waals surface area contributed by atoms with Crippen molar-refractivity contribution in [2.75, 3.05) is 0 Å². The standard InChI is InChI=1S/C25H17NO2/c27-25-26(20-14-8-3-9-15-20)24-22(28-25)17-16-21(18-10-4-1-5-11-18)23(24)19-12-6-2-7-13-19/h1-17H. The van der Waals surface area contributed by atoms with Gasteiger partial charge in [0.25, 0.3) is 0 Å². The lowest BCUT2D eigenvalue weighted by Crippen LogP contribution is -2.12. The lowest BCUT2D eigenvalue weighted by molar-refractivity contribution is 0.540. The Morgan fingerprint density at radius 3 is 1.82 bits per heavy atom. The molecular formula is C25H17NO2. The molecule has 0 N–H and O–H groups in total.